The molecule has 0 radical (unpaired) electrons. The molecule has 2 amide bonds. The van der Waals surface area contributed by atoms with Crippen LogP contribution in [0.25, 0.3) is 0 Å². The van der Waals surface area contributed by atoms with Crippen molar-refractivity contribution in [3.05, 3.63) is 41.5 Å². The van der Waals surface area contributed by atoms with Crippen LogP contribution in [0.15, 0.2) is 30.3 Å². The Bertz CT molecular complexity index is 881. The van der Waals surface area contributed by atoms with Gasteiger partial charge >= 0.3 is 0 Å². The molecular formula is C19H20N2O6. The molecule has 27 heavy (non-hydrogen) atoms. The second-order valence-corrected chi connectivity index (χ2v) is 5.75. The van der Waals surface area contributed by atoms with E-state index >= 15 is 0 Å². The van der Waals surface area contributed by atoms with Gasteiger partial charge in [0.1, 0.15) is 11.5 Å². The van der Waals surface area contributed by atoms with Crippen molar-refractivity contribution in [2.75, 3.05) is 33.3 Å². The maximum absolute atomic E-state index is 12.5. The Morgan fingerprint density at radius 2 is 1.78 bits per heavy atom. The number of anilines is 1. The second-order valence-electron chi connectivity index (χ2n) is 5.75. The van der Waals surface area contributed by atoms with Crippen LogP contribution in [-0.4, -0.2) is 39.8 Å². The van der Waals surface area contributed by atoms with Gasteiger partial charge in [0.15, 0.2) is 18.1 Å². The number of nitrogens with one attached hydrogen (secondary N) is 2. The van der Waals surface area contributed by atoms with Gasteiger partial charge in [-0.25, -0.2) is 0 Å². The van der Waals surface area contributed by atoms with Gasteiger partial charge in [-0.2, -0.15) is 0 Å². The van der Waals surface area contributed by atoms with Crippen molar-refractivity contribution in [3.8, 4) is 23.0 Å². The molecule has 8 nitrogen and oxygen atoms in total. The minimum atomic E-state index is -0.297. The molecule has 0 atom stereocenters. The Labute approximate surface area is 156 Å². The number of amides is 2. The summed E-state index contributed by atoms with van der Waals surface area (Å²) in [7, 11) is 4.62. The molecule has 0 saturated carbocycles. The van der Waals surface area contributed by atoms with Crippen LogP contribution in [0.1, 0.15) is 15.9 Å². The fourth-order valence-corrected chi connectivity index (χ4v) is 2.73. The number of hydrogen-bond donors (Lipinski definition) is 2. The smallest absolute Gasteiger partial charge is 0.262 e. The van der Waals surface area contributed by atoms with Crippen molar-refractivity contribution in [1.82, 2.24) is 5.32 Å². The number of ether oxygens (including phenoxy) is 4. The molecule has 2 N–H and O–H groups in total. The largest absolute Gasteiger partial charge is 0.496 e. The third-order valence-corrected chi connectivity index (χ3v) is 4.10. The maximum atomic E-state index is 12.5. The highest BCUT2D eigenvalue weighted by atomic mass is 16.5. The van der Waals surface area contributed by atoms with Crippen LogP contribution >= 0.6 is 0 Å². The SMILES string of the molecule is COc1cc(OC)c(OC)cc1CNC(=O)c1ccc2c(c1)NC(=O)CO2. The summed E-state index contributed by atoms with van der Waals surface area (Å²) < 4.78 is 21.2. The molecule has 0 unspecified atom stereocenters. The standard InChI is InChI=1S/C19H20N2O6/c1-24-15-8-17(26-3)16(25-2)7-12(15)9-20-19(23)11-4-5-14-13(6-11)21-18(22)10-27-14/h4-8H,9-10H2,1-3H3,(H,20,23)(H,21,22). The van der Waals surface area contributed by atoms with Crippen LogP contribution in [0.5, 0.6) is 23.0 Å². The van der Waals surface area contributed by atoms with E-state index in [9.17, 15) is 9.59 Å². The Morgan fingerprint density at radius 3 is 2.48 bits per heavy atom. The lowest BCUT2D eigenvalue weighted by Gasteiger charge is -2.18. The van der Waals surface area contributed by atoms with Gasteiger partial charge < -0.3 is 29.6 Å². The van der Waals surface area contributed by atoms with Crippen LogP contribution in [0.3, 0.4) is 0 Å². The average molecular weight is 372 g/mol. The van der Waals surface area contributed by atoms with Crippen molar-refractivity contribution in [2.45, 2.75) is 6.54 Å². The summed E-state index contributed by atoms with van der Waals surface area (Å²) in [6.07, 6.45) is 0. The van der Waals surface area contributed by atoms with Gasteiger partial charge in [0.05, 0.1) is 27.0 Å². The van der Waals surface area contributed by atoms with Gasteiger partial charge in [0.25, 0.3) is 11.8 Å². The molecule has 0 fully saturated rings. The monoisotopic (exact) mass is 372 g/mol. The summed E-state index contributed by atoms with van der Waals surface area (Å²) in [5.74, 6) is 1.63. The number of methoxy groups -OCH3 is 3. The molecule has 0 saturated heterocycles. The fraction of sp³-hybridized carbons (Fsp3) is 0.263. The van der Waals surface area contributed by atoms with E-state index in [-0.39, 0.29) is 25.0 Å². The number of fused-ring (bicyclic) bond motifs is 1. The van der Waals surface area contributed by atoms with E-state index in [1.807, 2.05) is 0 Å². The summed E-state index contributed by atoms with van der Waals surface area (Å²) in [6.45, 7) is 0.194. The zero-order chi connectivity index (χ0) is 19.4. The number of hydrogen-bond acceptors (Lipinski definition) is 6. The molecule has 8 heteroatoms. The van der Waals surface area contributed by atoms with Crippen molar-refractivity contribution in [3.63, 3.8) is 0 Å². The van der Waals surface area contributed by atoms with E-state index in [0.29, 0.717) is 34.2 Å². The lowest BCUT2D eigenvalue weighted by Crippen LogP contribution is -2.27. The van der Waals surface area contributed by atoms with Crippen molar-refractivity contribution >= 4 is 17.5 Å². The van der Waals surface area contributed by atoms with Gasteiger partial charge in [0, 0.05) is 23.7 Å². The van der Waals surface area contributed by atoms with Crippen LogP contribution in [0.4, 0.5) is 5.69 Å². The zero-order valence-electron chi connectivity index (χ0n) is 15.3. The van der Waals surface area contributed by atoms with Gasteiger partial charge in [0.2, 0.25) is 0 Å². The highest BCUT2D eigenvalue weighted by Gasteiger charge is 2.18. The first-order valence-corrected chi connectivity index (χ1v) is 8.19. The molecule has 0 aliphatic carbocycles. The lowest BCUT2D eigenvalue weighted by atomic mass is 10.1. The first kappa shape index (κ1) is 18.4. The zero-order valence-corrected chi connectivity index (χ0v) is 15.3. The molecular weight excluding hydrogens is 352 g/mol. The number of carbonyl (C=O) groups excluding carboxylic acids is 2. The topological polar surface area (TPSA) is 95.1 Å². The maximum Gasteiger partial charge on any atom is 0.262 e. The van der Waals surface area contributed by atoms with Crippen LogP contribution < -0.4 is 29.6 Å². The normalized spacial score (nSPS) is 12.3. The van der Waals surface area contributed by atoms with E-state index in [1.165, 1.54) is 14.2 Å². The van der Waals surface area contributed by atoms with E-state index in [0.717, 1.165) is 5.56 Å². The Hall–Kier alpha value is -3.42. The average Bonchev–Trinajstić information content (AvgIpc) is 2.70. The Balaban J connectivity index is 1.76. The lowest BCUT2D eigenvalue weighted by molar-refractivity contribution is -0.118. The summed E-state index contributed by atoms with van der Waals surface area (Å²) in [5, 5.41) is 5.51. The molecule has 3 rings (SSSR count). The van der Waals surface area contributed by atoms with Gasteiger partial charge in [-0.3, -0.25) is 9.59 Å². The highest BCUT2D eigenvalue weighted by Crippen LogP contribution is 2.34. The second kappa shape index (κ2) is 7.86. The number of carbonyl (C=O) groups is 2. The highest BCUT2D eigenvalue weighted by molar-refractivity contribution is 5.99. The summed E-state index contributed by atoms with van der Waals surface area (Å²) in [4.78, 5) is 23.9. The predicted octanol–water partition coefficient (Wildman–Crippen LogP) is 1.97. The third kappa shape index (κ3) is 3.89. The molecule has 1 aliphatic rings. The summed E-state index contributed by atoms with van der Waals surface area (Å²) in [6, 6.07) is 8.32. The third-order valence-electron chi connectivity index (χ3n) is 4.10. The molecule has 0 spiro atoms. The van der Waals surface area contributed by atoms with Crippen molar-refractivity contribution < 1.29 is 28.5 Å². The molecule has 2 aromatic rings. The van der Waals surface area contributed by atoms with Crippen LogP contribution in [0.2, 0.25) is 0 Å². The number of rotatable bonds is 6. The molecule has 2 aromatic carbocycles. The van der Waals surface area contributed by atoms with E-state index in [2.05, 4.69) is 10.6 Å². The van der Waals surface area contributed by atoms with E-state index in [4.69, 9.17) is 18.9 Å². The summed E-state index contributed by atoms with van der Waals surface area (Å²) >= 11 is 0. The fourth-order valence-electron chi connectivity index (χ4n) is 2.73. The first-order chi connectivity index (χ1) is 13.0. The Kier molecular flexibility index (Phi) is 5.35. The molecule has 0 bridgehead atoms. The van der Waals surface area contributed by atoms with Crippen molar-refractivity contribution in [1.29, 1.82) is 0 Å². The van der Waals surface area contributed by atoms with E-state index in [1.54, 1.807) is 37.4 Å². The number of benzene rings is 2. The minimum Gasteiger partial charge on any atom is -0.496 e. The minimum absolute atomic E-state index is 0.0301. The van der Waals surface area contributed by atoms with Gasteiger partial charge in [-0.05, 0) is 24.3 Å². The van der Waals surface area contributed by atoms with Gasteiger partial charge in [-0.15, -0.1) is 0 Å². The predicted molar refractivity (Wildman–Crippen MR) is 97.8 cm³/mol. The molecule has 1 aliphatic heterocycles. The van der Waals surface area contributed by atoms with Crippen molar-refractivity contribution in [2.24, 2.45) is 0 Å². The van der Waals surface area contributed by atoms with Gasteiger partial charge in [-0.1, -0.05) is 0 Å². The molecule has 142 valence electrons. The summed E-state index contributed by atoms with van der Waals surface area (Å²) in [5.41, 5.74) is 1.61. The van der Waals surface area contributed by atoms with Crippen LogP contribution in [0, 0.1) is 0 Å². The molecule has 1 heterocycles. The quantitative estimate of drug-likeness (QED) is 0.805. The Morgan fingerprint density at radius 1 is 1.07 bits per heavy atom. The molecule has 0 aromatic heterocycles. The van der Waals surface area contributed by atoms with E-state index < -0.39 is 0 Å². The van der Waals surface area contributed by atoms with Crippen LogP contribution in [-0.2, 0) is 11.3 Å². The first-order valence-electron chi connectivity index (χ1n) is 8.19.